The van der Waals surface area contributed by atoms with Crippen LogP contribution in [0.5, 0.6) is 5.75 Å². The predicted molar refractivity (Wildman–Crippen MR) is 156 cm³/mol. The fourth-order valence-corrected chi connectivity index (χ4v) is 4.71. The molecule has 12 nitrogen and oxygen atoms in total. The van der Waals surface area contributed by atoms with Gasteiger partial charge in [-0.15, -0.1) is 0 Å². The van der Waals surface area contributed by atoms with Crippen molar-refractivity contribution in [1.82, 2.24) is 14.9 Å². The molecule has 210 valence electrons. The van der Waals surface area contributed by atoms with Crippen molar-refractivity contribution >= 4 is 46.3 Å². The van der Waals surface area contributed by atoms with Crippen LogP contribution in [0.25, 0.3) is 0 Å². The number of nitrogens with zero attached hydrogens (tertiary/aromatic N) is 7. The number of carboxylic acid groups (broad SMARTS) is 1. The number of non-ortho nitro benzene ring substituents is 1. The normalized spacial score (nSPS) is 13.5. The number of carbonyl (C=O) groups is 1. The molecule has 4 aromatic rings. The fourth-order valence-electron chi connectivity index (χ4n) is 4.71. The van der Waals surface area contributed by atoms with E-state index in [2.05, 4.69) is 26.8 Å². The van der Waals surface area contributed by atoms with Crippen LogP contribution in [-0.4, -0.2) is 71.3 Å². The second-order valence-corrected chi connectivity index (χ2v) is 9.43. The molecule has 1 fully saturated rings. The standard InChI is InChI=1S/C29H29N7O5/c1-32-15-17-33(18-16-32)22-11-12-25(26(20-22)41-2)34(21-7-4-3-5-8-21)28-30-14-13-27(31-28)35(29(37)38)23-9-6-10-24(19-23)36(39)40/h3-14,19-20H,15-18H2,1-2H3,(H,37,38). The van der Waals surface area contributed by atoms with Crippen LogP contribution in [0.3, 0.4) is 0 Å². The van der Waals surface area contributed by atoms with Crippen molar-refractivity contribution in [1.29, 1.82) is 0 Å². The Morgan fingerprint density at radius 3 is 2.39 bits per heavy atom. The van der Waals surface area contributed by atoms with Gasteiger partial charge in [-0.3, -0.25) is 15.0 Å². The topological polar surface area (TPSA) is 128 Å². The summed E-state index contributed by atoms with van der Waals surface area (Å²) in [6.45, 7) is 3.72. The summed E-state index contributed by atoms with van der Waals surface area (Å²) in [5, 5.41) is 21.4. The molecule has 3 aromatic carbocycles. The maximum atomic E-state index is 12.4. The molecule has 0 aliphatic carbocycles. The van der Waals surface area contributed by atoms with E-state index in [0.29, 0.717) is 11.4 Å². The lowest BCUT2D eigenvalue weighted by molar-refractivity contribution is -0.384. The maximum Gasteiger partial charge on any atom is 0.417 e. The van der Waals surface area contributed by atoms with Gasteiger partial charge in [0.2, 0.25) is 5.95 Å². The Labute approximate surface area is 236 Å². The molecule has 0 spiro atoms. The molecule has 0 unspecified atom stereocenters. The molecule has 1 N–H and O–H groups in total. The van der Waals surface area contributed by atoms with E-state index in [0.717, 1.165) is 42.5 Å². The zero-order chi connectivity index (χ0) is 28.9. The average Bonchev–Trinajstić information content (AvgIpc) is 2.99. The number of amides is 1. The molecule has 0 bridgehead atoms. The van der Waals surface area contributed by atoms with Crippen LogP contribution in [-0.2, 0) is 0 Å². The number of rotatable bonds is 8. The van der Waals surface area contributed by atoms with Crippen molar-refractivity contribution in [2.45, 2.75) is 0 Å². The van der Waals surface area contributed by atoms with Crippen LogP contribution in [0, 0.1) is 10.1 Å². The van der Waals surface area contributed by atoms with Gasteiger partial charge >= 0.3 is 6.09 Å². The van der Waals surface area contributed by atoms with E-state index in [4.69, 9.17) is 4.74 Å². The molecule has 5 rings (SSSR count). The summed E-state index contributed by atoms with van der Waals surface area (Å²) in [4.78, 5) is 39.5. The molecule has 1 saturated heterocycles. The summed E-state index contributed by atoms with van der Waals surface area (Å²) < 4.78 is 5.84. The molecule has 0 radical (unpaired) electrons. The van der Waals surface area contributed by atoms with Crippen molar-refractivity contribution in [3.8, 4) is 5.75 Å². The van der Waals surface area contributed by atoms with Gasteiger partial charge in [-0.2, -0.15) is 4.98 Å². The predicted octanol–water partition coefficient (Wildman–Crippen LogP) is 5.43. The summed E-state index contributed by atoms with van der Waals surface area (Å²) in [5.74, 6) is 0.807. The Balaban J connectivity index is 1.59. The highest BCUT2D eigenvalue weighted by Crippen LogP contribution is 2.41. The minimum atomic E-state index is -1.35. The molecule has 0 atom stereocenters. The van der Waals surface area contributed by atoms with Gasteiger partial charge < -0.3 is 19.6 Å². The van der Waals surface area contributed by atoms with E-state index < -0.39 is 11.0 Å². The van der Waals surface area contributed by atoms with Gasteiger partial charge in [-0.05, 0) is 37.4 Å². The third-order valence-corrected chi connectivity index (χ3v) is 6.83. The van der Waals surface area contributed by atoms with E-state index in [9.17, 15) is 20.0 Å². The minimum absolute atomic E-state index is 0.0250. The van der Waals surface area contributed by atoms with Crippen molar-refractivity contribution in [3.05, 3.63) is 95.2 Å². The van der Waals surface area contributed by atoms with Gasteiger partial charge in [0.15, 0.2) is 0 Å². The van der Waals surface area contributed by atoms with E-state index in [-0.39, 0.29) is 23.1 Å². The number of likely N-dealkylation sites (N-methyl/N-ethyl adjacent to an activating group) is 1. The smallest absolute Gasteiger partial charge is 0.417 e. The number of piperazine rings is 1. The first-order valence-corrected chi connectivity index (χ1v) is 12.9. The first kappa shape index (κ1) is 27.3. The Morgan fingerprint density at radius 2 is 1.71 bits per heavy atom. The lowest BCUT2D eigenvalue weighted by Gasteiger charge is -2.34. The van der Waals surface area contributed by atoms with Crippen LogP contribution in [0.1, 0.15) is 0 Å². The number of anilines is 6. The number of methoxy groups -OCH3 is 1. The molecular weight excluding hydrogens is 526 g/mol. The van der Waals surface area contributed by atoms with Crippen molar-refractivity contribution < 1.29 is 19.6 Å². The number of nitro groups is 1. The summed E-state index contributed by atoms with van der Waals surface area (Å²) in [5.41, 5.74) is 2.26. The Kier molecular flexibility index (Phi) is 7.92. The second kappa shape index (κ2) is 11.9. The van der Waals surface area contributed by atoms with E-state index in [1.165, 1.54) is 36.5 Å². The summed E-state index contributed by atoms with van der Waals surface area (Å²) in [6.07, 6.45) is 0.0990. The largest absolute Gasteiger partial charge is 0.494 e. The monoisotopic (exact) mass is 555 g/mol. The third-order valence-electron chi connectivity index (χ3n) is 6.83. The van der Waals surface area contributed by atoms with E-state index >= 15 is 0 Å². The SMILES string of the molecule is COc1cc(N2CCN(C)CC2)ccc1N(c1ccccc1)c1nccc(N(C(=O)O)c2cccc([N+](=O)[O-])c2)n1. The molecule has 1 aliphatic rings. The molecule has 1 amide bonds. The highest BCUT2D eigenvalue weighted by atomic mass is 16.6. The molecule has 41 heavy (non-hydrogen) atoms. The molecule has 12 heteroatoms. The third kappa shape index (κ3) is 5.87. The Morgan fingerprint density at radius 1 is 0.976 bits per heavy atom. The Hall–Kier alpha value is -5.23. The number of hydrogen-bond acceptors (Lipinski definition) is 9. The number of hydrogen-bond donors (Lipinski definition) is 1. The van der Waals surface area contributed by atoms with Crippen molar-refractivity contribution in [2.24, 2.45) is 0 Å². The fraction of sp³-hybridized carbons (Fsp3) is 0.207. The number of aromatic nitrogens is 2. The van der Waals surface area contributed by atoms with Crippen LogP contribution >= 0.6 is 0 Å². The molecule has 1 aliphatic heterocycles. The van der Waals surface area contributed by atoms with E-state index in [1.807, 2.05) is 48.5 Å². The minimum Gasteiger partial charge on any atom is -0.494 e. The van der Waals surface area contributed by atoms with Crippen LogP contribution in [0.2, 0.25) is 0 Å². The van der Waals surface area contributed by atoms with Gasteiger partial charge in [0.25, 0.3) is 5.69 Å². The van der Waals surface area contributed by atoms with Crippen molar-refractivity contribution in [2.75, 3.05) is 55.0 Å². The first-order valence-electron chi connectivity index (χ1n) is 12.9. The molecule has 0 saturated carbocycles. The lowest BCUT2D eigenvalue weighted by Crippen LogP contribution is -2.44. The highest BCUT2D eigenvalue weighted by Gasteiger charge is 2.25. The lowest BCUT2D eigenvalue weighted by atomic mass is 10.2. The van der Waals surface area contributed by atoms with Crippen LogP contribution in [0.15, 0.2) is 85.1 Å². The average molecular weight is 556 g/mol. The van der Waals surface area contributed by atoms with Crippen LogP contribution < -0.4 is 19.4 Å². The van der Waals surface area contributed by atoms with Gasteiger partial charge in [-0.25, -0.2) is 14.7 Å². The van der Waals surface area contributed by atoms with Gasteiger partial charge in [0.05, 0.1) is 23.4 Å². The zero-order valence-electron chi connectivity index (χ0n) is 22.6. The van der Waals surface area contributed by atoms with Crippen LogP contribution in [0.4, 0.5) is 45.0 Å². The molecule has 2 heterocycles. The molecular formula is C29H29N7O5. The van der Waals surface area contributed by atoms with E-state index in [1.54, 1.807) is 12.0 Å². The van der Waals surface area contributed by atoms with Gasteiger partial charge in [-0.1, -0.05) is 24.3 Å². The van der Waals surface area contributed by atoms with Crippen molar-refractivity contribution in [3.63, 3.8) is 0 Å². The summed E-state index contributed by atoms with van der Waals surface area (Å²) in [7, 11) is 3.71. The zero-order valence-corrected chi connectivity index (χ0v) is 22.6. The highest BCUT2D eigenvalue weighted by molar-refractivity contribution is 5.94. The number of ether oxygens (including phenoxy) is 1. The summed E-state index contributed by atoms with van der Waals surface area (Å²) in [6, 6.07) is 22.2. The number of nitro benzene ring substituents is 1. The number of para-hydroxylation sites is 1. The quantitative estimate of drug-likeness (QED) is 0.222. The second-order valence-electron chi connectivity index (χ2n) is 9.43. The number of benzene rings is 3. The first-order chi connectivity index (χ1) is 19.9. The Bertz CT molecular complexity index is 1540. The summed E-state index contributed by atoms with van der Waals surface area (Å²) >= 11 is 0. The van der Waals surface area contributed by atoms with Gasteiger partial charge in [0, 0.05) is 68.0 Å². The molecule has 1 aromatic heterocycles. The van der Waals surface area contributed by atoms with Gasteiger partial charge in [0.1, 0.15) is 11.6 Å². The maximum absolute atomic E-state index is 12.4.